The minimum atomic E-state index is -0.411. The lowest BCUT2D eigenvalue weighted by atomic mass is 10.2. The second-order valence-electron chi connectivity index (χ2n) is 4.35. The third kappa shape index (κ3) is 4.24. The van der Waals surface area contributed by atoms with Crippen LogP contribution in [0.5, 0.6) is 5.75 Å². The Balaban J connectivity index is 1.68. The van der Waals surface area contributed by atoms with Gasteiger partial charge in [0.2, 0.25) is 5.91 Å². The molecular weight excluding hydrogens is 251 g/mol. The number of ether oxygens (including phenoxy) is 1. The first-order valence-corrected chi connectivity index (χ1v) is 6.08. The molecule has 1 aromatic carbocycles. The number of carbonyl (C=O) groups excluding carboxylic acids is 2. The topological polar surface area (TPSA) is 67.4 Å². The van der Waals surface area contributed by atoms with Gasteiger partial charge in [0.05, 0.1) is 0 Å². The van der Waals surface area contributed by atoms with Crippen LogP contribution in [0.2, 0.25) is 0 Å². The summed E-state index contributed by atoms with van der Waals surface area (Å²) in [7, 11) is 0. The minimum absolute atomic E-state index is 0.00869. The molecule has 1 aliphatic heterocycles. The van der Waals surface area contributed by atoms with E-state index < -0.39 is 5.82 Å². The van der Waals surface area contributed by atoms with Gasteiger partial charge in [-0.1, -0.05) is 6.07 Å². The number of nitrogens with one attached hydrogen (secondary N) is 2. The van der Waals surface area contributed by atoms with E-state index in [1.165, 1.54) is 18.2 Å². The molecule has 19 heavy (non-hydrogen) atoms. The number of hydrogen-bond acceptors (Lipinski definition) is 3. The molecule has 2 amide bonds. The smallest absolute Gasteiger partial charge is 0.258 e. The van der Waals surface area contributed by atoms with Gasteiger partial charge in [0.25, 0.3) is 5.91 Å². The van der Waals surface area contributed by atoms with E-state index in [-0.39, 0.29) is 24.5 Å². The molecule has 0 aliphatic carbocycles. The van der Waals surface area contributed by atoms with Crippen molar-refractivity contribution in [2.45, 2.75) is 18.9 Å². The van der Waals surface area contributed by atoms with Crippen LogP contribution in [0, 0.1) is 5.82 Å². The predicted octanol–water partition coefficient (Wildman–Crippen LogP) is 0.599. The van der Waals surface area contributed by atoms with Crippen molar-refractivity contribution in [1.82, 2.24) is 10.6 Å². The van der Waals surface area contributed by atoms with Gasteiger partial charge in [0.15, 0.2) is 6.61 Å². The van der Waals surface area contributed by atoms with Crippen molar-refractivity contribution < 1.29 is 18.7 Å². The van der Waals surface area contributed by atoms with Crippen LogP contribution in [0.3, 0.4) is 0 Å². The van der Waals surface area contributed by atoms with Crippen molar-refractivity contribution in [3.63, 3.8) is 0 Å². The molecule has 1 aromatic rings. The zero-order chi connectivity index (χ0) is 13.7. The molecule has 0 saturated carbocycles. The van der Waals surface area contributed by atoms with E-state index in [1.54, 1.807) is 6.07 Å². The first-order chi connectivity index (χ1) is 9.13. The molecule has 1 unspecified atom stereocenters. The van der Waals surface area contributed by atoms with Crippen LogP contribution in [0.4, 0.5) is 4.39 Å². The lowest BCUT2D eigenvalue weighted by molar-refractivity contribution is -0.123. The van der Waals surface area contributed by atoms with E-state index in [4.69, 9.17) is 4.74 Å². The van der Waals surface area contributed by atoms with Crippen LogP contribution in [-0.2, 0) is 9.59 Å². The first-order valence-electron chi connectivity index (χ1n) is 6.08. The molecule has 0 radical (unpaired) electrons. The molecule has 2 rings (SSSR count). The average Bonchev–Trinajstić information content (AvgIpc) is 2.80. The van der Waals surface area contributed by atoms with Crippen molar-refractivity contribution in [2.75, 3.05) is 13.2 Å². The second-order valence-corrected chi connectivity index (χ2v) is 4.35. The normalized spacial score (nSPS) is 17.9. The number of amides is 2. The van der Waals surface area contributed by atoms with Gasteiger partial charge in [-0.3, -0.25) is 9.59 Å². The lowest BCUT2D eigenvalue weighted by Gasteiger charge is -2.11. The van der Waals surface area contributed by atoms with Gasteiger partial charge in [-0.25, -0.2) is 4.39 Å². The fraction of sp³-hybridized carbons (Fsp3) is 0.385. The third-order valence-corrected chi connectivity index (χ3v) is 2.80. The van der Waals surface area contributed by atoms with Crippen molar-refractivity contribution in [3.8, 4) is 5.75 Å². The van der Waals surface area contributed by atoms with Crippen LogP contribution < -0.4 is 15.4 Å². The molecule has 1 atom stereocenters. The van der Waals surface area contributed by atoms with Crippen molar-refractivity contribution in [2.24, 2.45) is 0 Å². The molecule has 6 heteroatoms. The van der Waals surface area contributed by atoms with Gasteiger partial charge >= 0.3 is 0 Å². The van der Waals surface area contributed by atoms with E-state index in [0.29, 0.717) is 18.7 Å². The summed E-state index contributed by atoms with van der Waals surface area (Å²) in [5, 5.41) is 5.40. The Morgan fingerprint density at radius 3 is 3.05 bits per heavy atom. The van der Waals surface area contributed by atoms with E-state index in [2.05, 4.69) is 10.6 Å². The Hall–Kier alpha value is -2.11. The monoisotopic (exact) mass is 266 g/mol. The number of rotatable bonds is 5. The standard InChI is InChI=1S/C13H15FN2O3/c14-9-2-1-3-11(6-9)19-8-13(18)15-7-10-4-5-12(17)16-10/h1-3,6,10H,4-5,7-8H2,(H,15,18)(H,16,17). The molecule has 1 saturated heterocycles. The minimum Gasteiger partial charge on any atom is -0.484 e. The summed E-state index contributed by atoms with van der Waals surface area (Å²) < 4.78 is 18.0. The number of hydrogen-bond donors (Lipinski definition) is 2. The van der Waals surface area contributed by atoms with Gasteiger partial charge in [0, 0.05) is 25.1 Å². The fourth-order valence-corrected chi connectivity index (χ4v) is 1.82. The summed E-state index contributed by atoms with van der Waals surface area (Å²) in [6, 6.07) is 5.59. The molecule has 2 N–H and O–H groups in total. The summed E-state index contributed by atoms with van der Waals surface area (Å²) in [6.45, 7) is 0.210. The molecule has 102 valence electrons. The Kier molecular flexibility index (Phi) is 4.33. The fourth-order valence-electron chi connectivity index (χ4n) is 1.82. The van der Waals surface area contributed by atoms with Crippen molar-refractivity contribution >= 4 is 11.8 Å². The Morgan fingerprint density at radius 1 is 1.53 bits per heavy atom. The van der Waals surface area contributed by atoms with Crippen LogP contribution in [-0.4, -0.2) is 31.0 Å². The second kappa shape index (κ2) is 6.17. The summed E-state index contributed by atoms with van der Waals surface area (Å²) in [5.74, 6) is -0.392. The summed E-state index contributed by atoms with van der Waals surface area (Å²) in [6.07, 6.45) is 1.23. The quantitative estimate of drug-likeness (QED) is 0.820. The van der Waals surface area contributed by atoms with Crippen LogP contribution in [0.15, 0.2) is 24.3 Å². The number of carbonyl (C=O) groups is 2. The Morgan fingerprint density at radius 2 is 2.37 bits per heavy atom. The lowest BCUT2D eigenvalue weighted by Crippen LogP contribution is -2.40. The van der Waals surface area contributed by atoms with Crippen LogP contribution in [0.25, 0.3) is 0 Å². The average molecular weight is 266 g/mol. The highest BCUT2D eigenvalue weighted by atomic mass is 19.1. The predicted molar refractivity (Wildman–Crippen MR) is 66.1 cm³/mol. The van der Waals surface area contributed by atoms with Crippen LogP contribution >= 0.6 is 0 Å². The van der Waals surface area contributed by atoms with Crippen molar-refractivity contribution in [3.05, 3.63) is 30.1 Å². The molecule has 0 bridgehead atoms. The SMILES string of the molecule is O=C(COc1cccc(F)c1)NCC1CCC(=O)N1. The maximum Gasteiger partial charge on any atom is 0.258 e. The number of benzene rings is 1. The number of halogens is 1. The van der Waals surface area contributed by atoms with Gasteiger partial charge in [0.1, 0.15) is 11.6 Å². The van der Waals surface area contributed by atoms with Gasteiger partial charge in [-0.05, 0) is 18.6 Å². The van der Waals surface area contributed by atoms with Crippen LogP contribution in [0.1, 0.15) is 12.8 Å². The molecule has 5 nitrogen and oxygen atoms in total. The van der Waals surface area contributed by atoms with Gasteiger partial charge in [-0.2, -0.15) is 0 Å². The molecule has 1 fully saturated rings. The third-order valence-electron chi connectivity index (χ3n) is 2.80. The van der Waals surface area contributed by atoms with E-state index in [9.17, 15) is 14.0 Å². The van der Waals surface area contributed by atoms with Gasteiger partial charge in [-0.15, -0.1) is 0 Å². The zero-order valence-corrected chi connectivity index (χ0v) is 10.3. The van der Waals surface area contributed by atoms with Crippen molar-refractivity contribution in [1.29, 1.82) is 0 Å². The summed E-state index contributed by atoms with van der Waals surface area (Å²) >= 11 is 0. The highest BCUT2D eigenvalue weighted by Crippen LogP contribution is 2.11. The summed E-state index contributed by atoms with van der Waals surface area (Å²) in [5.41, 5.74) is 0. The maximum atomic E-state index is 12.9. The molecule has 0 aromatic heterocycles. The molecule has 1 aliphatic rings. The zero-order valence-electron chi connectivity index (χ0n) is 10.3. The Labute approximate surface area is 110 Å². The Bertz CT molecular complexity index is 479. The largest absolute Gasteiger partial charge is 0.484 e. The molecular formula is C13H15FN2O3. The molecule has 0 spiro atoms. The summed E-state index contributed by atoms with van der Waals surface area (Å²) in [4.78, 5) is 22.5. The first kappa shape index (κ1) is 13.3. The molecule has 1 heterocycles. The highest BCUT2D eigenvalue weighted by molar-refractivity contribution is 5.79. The van der Waals surface area contributed by atoms with Gasteiger partial charge < -0.3 is 15.4 Å². The van der Waals surface area contributed by atoms with E-state index >= 15 is 0 Å². The van der Waals surface area contributed by atoms with E-state index in [1.807, 2.05) is 0 Å². The van der Waals surface area contributed by atoms with E-state index in [0.717, 1.165) is 6.42 Å². The maximum absolute atomic E-state index is 12.9. The highest BCUT2D eigenvalue weighted by Gasteiger charge is 2.20.